The van der Waals surface area contributed by atoms with Crippen LogP contribution < -0.4 is 0 Å². The Hall–Kier alpha value is -0.560. The first-order chi connectivity index (χ1) is 10.4. The molecule has 21 heavy (non-hydrogen) atoms. The lowest BCUT2D eigenvalue weighted by Gasteiger charge is -2.00. The molecule has 0 aliphatic carbocycles. The van der Waals surface area contributed by atoms with Gasteiger partial charge in [-0.3, -0.25) is 0 Å². The summed E-state index contributed by atoms with van der Waals surface area (Å²) in [5.41, 5.74) is 0. The van der Waals surface area contributed by atoms with Crippen LogP contribution in [0.4, 0.5) is 0 Å². The second-order valence-electron chi connectivity index (χ2n) is 6.02. The van der Waals surface area contributed by atoms with Crippen molar-refractivity contribution in [1.82, 2.24) is 0 Å². The van der Waals surface area contributed by atoms with Gasteiger partial charge >= 0.3 is 0 Å². The van der Waals surface area contributed by atoms with Gasteiger partial charge in [-0.25, -0.2) is 0 Å². The summed E-state index contributed by atoms with van der Waals surface area (Å²) >= 11 is 0. The summed E-state index contributed by atoms with van der Waals surface area (Å²) < 4.78 is 0. The van der Waals surface area contributed by atoms with Crippen LogP contribution in [0.2, 0.25) is 0 Å². The molecule has 0 aromatic rings. The zero-order valence-corrected chi connectivity index (χ0v) is 14.4. The molecule has 0 unspecified atom stereocenters. The molecule has 0 aromatic carbocycles. The Kier molecular flexibility index (Phi) is 18.9. The lowest BCUT2D eigenvalue weighted by molar-refractivity contribution is 0.282. The molecule has 0 atom stereocenters. The molecule has 0 amide bonds. The van der Waals surface area contributed by atoms with Crippen LogP contribution in [0, 0.1) is 0 Å². The first-order valence-corrected chi connectivity index (χ1v) is 9.32. The van der Waals surface area contributed by atoms with Gasteiger partial charge in [0.1, 0.15) is 0 Å². The van der Waals surface area contributed by atoms with Crippen molar-refractivity contribution in [3.8, 4) is 0 Å². The van der Waals surface area contributed by atoms with E-state index >= 15 is 0 Å². The van der Waals surface area contributed by atoms with Crippen LogP contribution in [-0.2, 0) is 0 Å². The Balaban J connectivity index is 3.11. The maximum atomic E-state index is 8.68. The summed E-state index contributed by atoms with van der Waals surface area (Å²) in [5, 5.41) is 8.68. The minimum Gasteiger partial charge on any atom is -0.396 e. The van der Waals surface area contributed by atoms with Crippen LogP contribution >= 0.6 is 0 Å². The summed E-state index contributed by atoms with van der Waals surface area (Å²) in [6, 6.07) is 0. The summed E-state index contributed by atoms with van der Waals surface area (Å²) in [6.45, 7) is 2.62. The van der Waals surface area contributed by atoms with Crippen molar-refractivity contribution in [2.45, 2.75) is 96.8 Å². The third-order valence-corrected chi connectivity index (χ3v) is 3.86. The smallest absolute Gasteiger partial charge is 0.0431 e. The predicted octanol–water partition coefficient (Wildman–Crippen LogP) is 6.57. The summed E-state index contributed by atoms with van der Waals surface area (Å²) in [4.78, 5) is 0. The Bertz CT molecular complexity index is 230. The van der Waals surface area contributed by atoms with Gasteiger partial charge in [0.05, 0.1) is 0 Å². The standard InChI is InChI=1S/C20H38O/c1-2-3-4-5-6-7-8-9-10-11-12-13-14-15-16-17-18-19-20-21/h6-7,9-10,21H,2-5,8,11-20H2,1H3/b7-6-,10-9-. The molecule has 0 aliphatic heterocycles. The molecule has 1 heteroatoms. The molecule has 124 valence electrons. The van der Waals surface area contributed by atoms with Crippen LogP contribution in [0.25, 0.3) is 0 Å². The Labute approximate surface area is 133 Å². The molecule has 0 rings (SSSR count). The van der Waals surface area contributed by atoms with Crippen LogP contribution in [0.3, 0.4) is 0 Å². The summed E-state index contributed by atoms with van der Waals surface area (Å²) in [6.07, 6.45) is 27.2. The lowest BCUT2D eigenvalue weighted by Crippen LogP contribution is -1.84. The number of aliphatic hydroxyl groups excluding tert-OH is 1. The van der Waals surface area contributed by atoms with E-state index < -0.39 is 0 Å². The third-order valence-electron chi connectivity index (χ3n) is 3.86. The van der Waals surface area contributed by atoms with Gasteiger partial charge in [0.2, 0.25) is 0 Å². The molecule has 0 bridgehead atoms. The van der Waals surface area contributed by atoms with Crippen LogP contribution in [0.5, 0.6) is 0 Å². The third kappa shape index (κ3) is 19.4. The Morgan fingerprint density at radius 2 is 1.05 bits per heavy atom. The van der Waals surface area contributed by atoms with E-state index in [1.54, 1.807) is 0 Å². The number of allylic oxidation sites excluding steroid dienone is 4. The molecular weight excluding hydrogens is 256 g/mol. The maximum absolute atomic E-state index is 8.68. The Morgan fingerprint density at radius 3 is 1.57 bits per heavy atom. The molecule has 1 N–H and O–H groups in total. The molecule has 0 fully saturated rings. The van der Waals surface area contributed by atoms with E-state index in [0.717, 1.165) is 12.8 Å². The quantitative estimate of drug-likeness (QED) is 0.252. The van der Waals surface area contributed by atoms with Gasteiger partial charge in [-0.2, -0.15) is 0 Å². The molecule has 0 heterocycles. The lowest BCUT2D eigenvalue weighted by atomic mass is 10.1. The van der Waals surface area contributed by atoms with Crippen molar-refractivity contribution in [3.05, 3.63) is 24.3 Å². The van der Waals surface area contributed by atoms with Crippen LogP contribution in [0.1, 0.15) is 96.8 Å². The summed E-state index contributed by atoms with van der Waals surface area (Å²) in [7, 11) is 0. The Morgan fingerprint density at radius 1 is 0.571 bits per heavy atom. The van der Waals surface area contributed by atoms with E-state index in [1.165, 1.54) is 77.0 Å². The van der Waals surface area contributed by atoms with Crippen molar-refractivity contribution in [1.29, 1.82) is 0 Å². The second kappa shape index (κ2) is 19.4. The highest BCUT2D eigenvalue weighted by Crippen LogP contribution is 2.10. The fourth-order valence-corrected chi connectivity index (χ4v) is 2.45. The minimum absolute atomic E-state index is 0.361. The topological polar surface area (TPSA) is 20.2 Å². The van der Waals surface area contributed by atoms with Crippen LogP contribution in [0.15, 0.2) is 24.3 Å². The van der Waals surface area contributed by atoms with E-state index in [0.29, 0.717) is 6.61 Å². The number of hydrogen-bond donors (Lipinski definition) is 1. The van der Waals surface area contributed by atoms with Gasteiger partial charge in [0, 0.05) is 6.61 Å². The number of hydrogen-bond acceptors (Lipinski definition) is 1. The fraction of sp³-hybridized carbons (Fsp3) is 0.800. The molecule has 1 nitrogen and oxygen atoms in total. The van der Waals surface area contributed by atoms with Crippen LogP contribution in [-0.4, -0.2) is 11.7 Å². The zero-order valence-electron chi connectivity index (χ0n) is 14.4. The van der Waals surface area contributed by atoms with E-state index in [-0.39, 0.29) is 0 Å². The van der Waals surface area contributed by atoms with E-state index in [9.17, 15) is 0 Å². The van der Waals surface area contributed by atoms with Crippen molar-refractivity contribution >= 4 is 0 Å². The highest BCUT2D eigenvalue weighted by Gasteiger charge is 1.91. The van der Waals surface area contributed by atoms with Gasteiger partial charge in [-0.15, -0.1) is 0 Å². The molecule has 0 radical (unpaired) electrons. The SMILES string of the molecule is CCCCC/C=C\C/C=C\CCCCCCCCCCO. The molecule has 0 saturated heterocycles. The fourth-order valence-electron chi connectivity index (χ4n) is 2.45. The van der Waals surface area contributed by atoms with Gasteiger partial charge < -0.3 is 5.11 Å². The molecule has 0 aromatic heterocycles. The molecular formula is C20H38O. The summed E-state index contributed by atoms with van der Waals surface area (Å²) in [5.74, 6) is 0. The van der Waals surface area contributed by atoms with Gasteiger partial charge in [-0.05, 0) is 38.5 Å². The van der Waals surface area contributed by atoms with E-state index in [1.807, 2.05) is 0 Å². The van der Waals surface area contributed by atoms with E-state index in [4.69, 9.17) is 5.11 Å². The second-order valence-corrected chi connectivity index (χ2v) is 6.02. The average molecular weight is 295 g/mol. The highest BCUT2D eigenvalue weighted by atomic mass is 16.2. The van der Waals surface area contributed by atoms with Gasteiger partial charge in [-0.1, -0.05) is 82.6 Å². The van der Waals surface area contributed by atoms with Crippen molar-refractivity contribution in [3.63, 3.8) is 0 Å². The molecule has 0 saturated carbocycles. The number of aliphatic hydroxyl groups is 1. The monoisotopic (exact) mass is 294 g/mol. The van der Waals surface area contributed by atoms with Crippen molar-refractivity contribution in [2.24, 2.45) is 0 Å². The van der Waals surface area contributed by atoms with E-state index in [2.05, 4.69) is 31.2 Å². The molecule has 0 spiro atoms. The minimum atomic E-state index is 0.361. The van der Waals surface area contributed by atoms with Crippen molar-refractivity contribution < 1.29 is 5.11 Å². The first-order valence-electron chi connectivity index (χ1n) is 9.32. The molecule has 0 aliphatic rings. The number of rotatable bonds is 16. The first kappa shape index (κ1) is 20.4. The van der Waals surface area contributed by atoms with Gasteiger partial charge in [0.15, 0.2) is 0 Å². The van der Waals surface area contributed by atoms with Crippen molar-refractivity contribution in [2.75, 3.05) is 6.61 Å². The van der Waals surface area contributed by atoms with Gasteiger partial charge in [0.25, 0.3) is 0 Å². The largest absolute Gasteiger partial charge is 0.396 e. The maximum Gasteiger partial charge on any atom is 0.0431 e. The average Bonchev–Trinajstić information content (AvgIpc) is 2.50. The highest BCUT2D eigenvalue weighted by molar-refractivity contribution is 4.92. The normalized spacial score (nSPS) is 11.9. The zero-order chi connectivity index (χ0) is 15.4. The number of unbranched alkanes of at least 4 members (excludes halogenated alkanes) is 11. The predicted molar refractivity (Wildman–Crippen MR) is 95.7 cm³/mol.